The third-order valence-electron chi connectivity index (χ3n) is 4.45. The number of nitrogens with one attached hydrogen (secondary N) is 1. The van der Waals surface area contributed by atoms with Crippen LogP contribution in [-0.4, -0.2) is 33.1 Å². The lowest BCUT2D eigenvalue weighted by atomic mass is 10.3. The monoisotopic (exact) mass is 515 g/mol. The van der Waals surface area contributed by atoms with Gasteiger partial charge in [0.25, 0.3) is 11.1 Å². The molecule has 31 heavy (non-hydrogen) atoms. The number of halogens is 2. The highest BCUT2D eigenvalue weighted by molar-refractivity contribution is 9.10. The first-order chi connectivity index (χ1) is 14.9. The lowest BCUT2D eigenvalue weighted by molar-refractivity contribution is -0.127. The molecule has 1 saturated heterocycles. The maximum atomic E-state index is 12.8. The zero-order valence-corrected chi connectivity index (χ0v) is 19.1. The Bertz CT molecular complexity index is 1210. The standard InChI is InChI=1S/C22H15BrClN3O3S/c23-14-3-1-4-17(11-14)26-10-2-5-18(26)12-19-21(29)27(22(30)31-19)13-20(28)25-16-8-6-15(24)7-9-16/h1-12H,13H2,(H,25,28)/b19-12-. The summed E-state index contributed by atoms with van der Waals surface area (Å²) >= 11 is 10.1. The lowest BCUT2D eigenvalue weighted by Gasteiger charge is -2.12. The molecule has 0 bridgehead atoms. The van der Waals surface area contributed by atoms with Gasteiger partial charge >= 0.3 is 0 Å². The Kier molecular flexibility index (Phi) is 6.31. The molecular formula is C22H15BrClN3O3S. The second-order valence-corrected chi connectivity index (χ2v) is 8.95. The largest absolute Gasteiger partial charge is 0.325 e. The highest BCUT2D eigenvalue weighted by Crippen LogP contribution is 2.32. The van der Waals surface area contributed by atoms with Crippen LogP contribution in [0.1, 0.15) is 5.69 Å². The van der Waals surface area contributed by atoms with Gasteiger partial charge in [0.15, 0.2) is 0 Å². The van der Waals surface area contributed by atoms with Crippen LogP contribution in [0.15, 0.2) is 76.2 Å². The first-order valence-electron chi connectivity index (χ1n) is 9.15. The molecule has 6 nitrogen and oxygen atoms in total. The molecule has 0 spiro atoms. The zero-order valence-electron chi connectivity index (χ0n) is 15.9. The number of imide groups is 1. The Morgan fingerprint density at radius 3 is 2.61 bits per heavy atom. The number of hydrogen-bond acceptors (Lipinski definition) is 4. The van der Waals surface area contributed by atoms with Crippen molar-refractivity contribution < 1.29 is 14.4 Å². The van der Waals surface area contributed by atoms with Gasteiger partial charge in [0.2, 0.25) is 5.91 Å². The van der Waals surface area contributed by atoms with E-state index in [9.17, 15) is 14.4 Å². The number of hydrogen-bond donors (Lipinski definition) is 1. The topological polar surface area (TPSA) is 71.4 Å². The molecule has 0 aliphatic carbocycles. The van der Waals surface area contributed by atoms with Crippen molar-refractivity contribution in [1.82, 2.24) is 9.47 Å². The maximum Gasteiger partial charge on any atom is 0.294 e. The van der Waals surface area contributed by atoms with E-state index in [1.165, 1.54) is 0 Å². The first kappa shape index (κ1) is 21.4. The van der Waals surface area contributed by atoms with Crippen molar-refractivity contribution in [3.8, 4) is 5.69 Å². The molecule has 0 unspecified atom stereocenters. The van der Waals surface area contributed by atoms with Crippen LogP contribution in [0.25, 0.3) is 11.8 Å². The van der Waals surface area contributed by atoms with Gasteiger partial charge in [-0.15, -0.1) is 0 Å². The first-order valence-corrected chi connectivity index (χ1v) is 11.1. The fourth-order valence-corrected chi connectivity index (χ4v) is 4.36. The van der Waals surface area contributed by atoms with Crippen molar-refractivity contribution in [2.24, 2.45) is 0 Å². The highest BCUT2D eigenvalue weighted by Gasteiger charge is 2.36. The minimum atomic E-state index is -0.497. The van der Waals surface area contributed by atoms with E-state index in [-0.39, 0.29) is 11.4 Å². The van der Waals surface area contributed by atoms with Crippen molar-refractivity contribution in [1.29, 1.82) is 0 Å². The van der Waals surface area contributed by atoms with Crippen molar-refractivity contribution in [3.63, 3.8) is 0 Å². The van der Waals surface area contributed by atoms with E-state index in [1.807, 2.05) is 47.2 Å². The van der Waals surface area contributed by atoms with Gasteiger partial charge in [-0.1, -0.05) is 33.6 Å². The molecule has 0 radical (unpaired) electrons. The van der Waals surface area contributed by atoms with Crippen LogP contribution in [0.4, 0.5) is 10.5 Å². The van der Waals surface area contributed by atoms with Crippen molar-refractivity contribution >= 4 is 68.1 Å². The van der Waals surface area contributed by atoms with Crippen molar-refractivity contribution in [2.45, 2.75) is 0 Å². The molecule has 3 aromatic rings. The van der Waals surface area contributed by atoms with Crippen molar-refractivity contribution in [3.05, 3.63) is 87.0 Å². The summed E-state index contributed by atoms with van der Waals surface area (Å²) in [5.41, 5.74) is 2.19. The van der Waals surface area contributed by atoms with E-state index >= 15 is 0 Å². The molecule has 3 amide bonds. The molecule has 1 aliphatic rings. The quantitative estimate of drug-likeness (QED) is 0.450. The molecule has 9 heteroatoms. The van der Waals surface area contributed by atoms with Gasteiger partial charge in [0.05, 0.1) is 4.91 Å². The minimum absolute atomic E-state index is 0.263. The molecule has 1 N–H and O–H groups in total. The second-order valence-electron chi connectivity index (χ2n) is 6.61. The molecule has 1 fully saturated rings. The zero-order chi connectivity index (χ0) is 22.0. The number of carbonyl (C=O) groups is 3. The third-order valence-corrected chi connectivity index (χ3v) is 6.10. The van der Waals surface area contributed by atoms with E-state index in [4.69, 9.17) is 11.6 Å². The number of anilines is 1. The van der Waals surface area contributed by atoms with Gasteiger partial charge in [0.1, 0.15) is 6.54 Å². The lowest BCUT2D eigenvalue weighted by Crippen LogP contribution is -2.36. The fourth-order valence-electron chi connectivity index (χ4n) is 3.02. The Labute approximate surface area is 196 Å². The summed E-state index contributed by atoms with van der Waals surface area (Å²) in [6.45, 7) is -0.364. The number of nitrogens with zero attached hydrogens (tertiary/aromatic N) is 2. The van der Waals surface area contributed by atoms with E-state index in [2.05, 4.69) is 21.2 Å². The van der Waals surface area contributed by atoms with Crippen LogP contribution in [0, 0.1) is 0 Å². The molecule has 1 aromatic heterocycles. The Morgan fingerprint density at radius 2 is 1.87 bits per heavy atom. The molecule has 2 aromatic carbocycles. The van der Waals surface area contributed by atoms with E-state index in [0.717, 1.165) is 32.5 Å². The molecule has 0 atom stereocenters. The van der Waals surface area contributed by atoms with E-state index < -0.39 is 17.1 Å². The number of benzene rings is 2. The SMILES string of the molecule is O=C(CN1C(=O)S/C(=C\c2cccn2-c2cccc(Br)c2)C1=O)Nc1ccc(Cl)cc1. The third kappa shape index (κ3) is 4.92. The Morgan fingerprint density at radius 1 is 1.10 bits per heavy atom. The van der Waals surface area contributed by atoms with E-state index in [0.29, 0.717) is 10.7 Å². The van der Waals surface area contributed by atoms with Gasteiger partial charge in [-0.3, -0.25) is 19.3 Å². The average Bonchev–Trinajstić information content (AvgIpc) is 3.30. The highest BCUT2D eigenvalue weighted by atomic mass is 79.9. The summed E-state index contributed by atoms with van der Waals surface area (Å²) in [4.78, 5) is 38.7. The summed E-state index contributed by atoms with van der Waals surface area (Å²) < 4.78 is 2.84. The number of rotatable bonds is 5. The Balaban J connectivity index is 1.50. The number of aromatic nitrogens is 1. The molecule has 4 rings (SSSR count). The number of carbonyl (C=O) groups excluding carboxylic acids is 3. The predicted molar refractivity (Wildman–Crippen MR) is 126 cm³/mol. The summed E-state index contributed by atoms with van der Waals surface area (Å²) in [7, 11) is 0. The Hall–Kier alpha value is -2.81. The molecule has 156 valence electrons. The van der Waals surface area contributed by atoms with Crippen molar-refractivity contribution in [2.75, 3.05) is 11.9 Å². The predicted octanol–water partition coefficient (Wildman–Crippen LogP) is 5.57. The molecule has 1 aliphatic heterocycles. The summed E-state index contributed by atoms with van der Waals surface area (Å²) in [5.74, 6) is -0.966. The summed E-state index contributed by atoms with van der Waals surface area (Å²) in [5, 5.41) is 2.71. The van der Waals surface area contributed by atoms with Gasteiger partial charge in [0, 0.05) is 32.8 Å². The van der Waals surface area contributed by atoms with E-state index in [1.54, 1.807) is 30.3 Å². The summed E-state index contributed by atoms with van der Waals surface area (Å²) in [6.07, 6.45) is 3.53. The van der Waals surface area contributed by atoms with Gasteiger partial charge in [-0.25, -0.2) is 0 Å². The average molecular weight is 517 g/mol. The number of amides is 3. The molecule has 2 heterocycles. The van der Waals surface area contributed by atoms with Crippen LogP contribution >= 0.6 is 39.3 Å². The fraction of sp³-hybridized carbons (Fsp3) is 0.0455. The van der Waals surface area contributed by atoms with Crippen LogP contribution in [-0.2, 0) is 9.59 Å². The smallest absolute Gasteiger partial charge is 0.294 e. The van der Waals surface area contributed by atoms with Crippen LogP contribution < -0.4 is 5.32 Å². The van der Waals surface area contributed by atoms with Gasteiger partial charge < -0.3 is 9.88 Å². The minimum Gasteiger partial charge on any atom is -0.325 e. The summed E-state index contributed by atoms with van der Waals surface area (Å²) in [6, 6.07) is 18.0. The normalized spacial score (nSPS) is 15.0. The maximum absolute atomic E-state index is 12.8. The number of thioether (sulfide) groups is 1. The molecular weight excluding hydrogens is 502 g/mol. The van der Waals surface area contributed by atoms with Crippen LogP contribution in [0.2, 0.25) is 5.02 Å². The van der Waals surface area contributed by atoms with Gasteiger partial charge in [-0.2, -0.15) is 0 Å². The molecule has 0 saturated carbocycles. The van der Waals surface area contributed by atoms with Crippen LogP contribution in [0.3, 0.4) is 0 Å². The van der Waals surface area contributed by atoms with Gasteiger partial charge in [-0.05, 0) is 72.4 Å². The second kappa shape index (κ2) is 9.13. The van der Waals surface area contributed by atoms with Crippen LogP contribution in [0.5, 0.6) is 0 Å².